The van der Waals surface area contributed by atoms with Crippen molar-refractivity contribution >= 4 is 17.8 Å². The van der Waals surface area contributed by atoms with Gasteiger partial charge in [0.15, 0.2) is 0 Å². The first-order valence-electron chi connectivity index (χ1n) is 9.80. The number of carbonyl (C=O) groups is 3. The maximum atomic E-state index is 12.8. The van der Waals surface area contributed by atoms with Gasteiger partial charge >= 0.3 is 11.9 Å². The zero-order valence-corrected chi connectivity index (χ0v) is 16.1. The quantitative estimate of drug-likeness (QED) is 0.635. The number of amides is 1. The molecule has 29 heavy (non-hydrogen) atoms. The summed E-state index contributed by atoms with van der Waals surface area (Å²) in [5.74, 6) is -2.63. The van der Waals surface area contributed by atoms with Crippen molar-refractivity contribution in [3.63, 3.8) is 0 Å². The standard InChI is InChI=1S/C23H25NO5/c25-20(26)15-23(12-4-5-13-23)22(29)24-19(21(27)28)14-16-8-10-18(11-9-16)17-6-2-1-3-7-17/h1-3,6-11,19H,4-5,12-15H2,(H,24,29)(H,25,26)(H,27,28)/t19-/m0/s1. The average molecular weight is 395 g/mol. The second-order valence-corrected chi connectivity index (χ2v) is 7.69. The molecule has 0 radical (unpaired) electrons. The lowest BCUT2D eigenvalue weighted by Crippen LogP contribution is -2.49. The largest absolute Gasteiger partial charge is 0.481 e. The molecule has 0 aliphatic heterocycles. The SMILES string of the molecule is O=C(O)CC1(C(=O)N[C@@H](Cc2ccc(-c3ccccc3)cc2)C(=O)O)CCCC1. The summed E-state index contributed by atoms with van der Waals surface area (Å²) < 4.78 is 0. The number of carboxylic acid groups (broad SMARTS) is 2. The first-order chi connectivity index (χ1) is 13.9. The fourth-order valence-electron chi connectivity index (χ4n) is 4.04. The van der Waals surface area contributed by atoms with E-state index in [0.717, 1.165) is 29.5 Å². The van der Waals surface area contributed by atoms with Gasteiger partial charge in [-0.25, -0.2) is 4.79 Å². The molecule has 0 bridgehead atoms. The maximum absolute atomic E-state index is 12.8. The van der Waals surface area contributed by atoms with Crippen LogP contribution in [0.5, 0.6) is 0 Å². The zero-order valence-electron chi connectivity index (χ0n) is 16.1. The number of carboxylic acids is 2. The molecule has 0 spiro atoms. The molecule has 6 heteroatoms. The van der Waals surface area contributed by atoms with Crippen molar-refractivity contribution < 1.29 is 24.6 Å². The predicted molar refractivity (Wildman–Crippen MR) is 108 cm³/mol. The van der Waals surface area contributed by atoms with Gasteiger partial charge in [-0.05, 0) is 29.5 Å². The van der Waals surface area contributed by atoms with Crippen molar-refractivity contribution in [1.82, 2.24) is 5.32 Å². The monoisotopic (exact) mass is 395 g/mol. The third kappa shape index (κ3) is 5.02. The van der Waals surface area contributed by atoms with Crippen molar-refractivity contribution in [2.24, 2.45) is 5.41 Å². The van der Waals surface area contributed by atoms with E-state index >= 15 is 0 Å². The van der Waals surface area contributed by atoms with Crippen molar-refractivity contribution in [1.29, 1.82) is 0 Å². The fourth-order valence-corrected chi connectivity index (χ4v) is 4.04. The Morgan fingerprint density at radius 1 is 0.897 bits per heavy atom. The fraction of sp³-hybridized carbons (Fsp3) is 0.348. The van der Waals surface area contributed by atoms with Crippen LogP contribution < -0.4 is 5.32 Å². The van der Waals surface area contributed by atoms with Crippen LogP contribution in [0.2, 0.25) is 0 Å². The number of hydrogen-bond donors (Lipinski definition) is 3. The van der Waals surface area contributed by atoms with Crippen LogP contribution >= 0.6 is 0 Å². The van der Waals surface area contributed by atoms with Crippen LogP contribution in [0.1, 0.15) is 37.7 Å². The molecule has 0 saturated heterocycles. The van der Waals surface area contributed by atoms with Crippen LogP contribution in [-0.2, 0) is 20.8 Å². The minimum Gasteiger partial charge on any atom is -0.481 e. The number of hydrogen-bond acceptors (Lipinski definition) is 3. The molecule has 0 aromatic heterocycles. The number of rotatable bonds is 8. The number of nitrogens with one attached hydrogen (secondary N) is 1. The summed E-state index contributed by atoms with van der Waals surface area (Å²) in [7, 11) is 0. The molecule has 1 fully saturated rings. The normalized spacial score (nSPS) is 16.1. The Balaban J connectivity index is 1.71. The first-order valence-corrected chi connectivity index (χ1v) is 9.80. The van der Waals surface area contributed by atoms with Crippen LogP contribution in [0, 0.1) is 5.41 Å². The lowest BCUT2D eigenvalue weighted by molar-refractivity contribution is -0.147. The Kier molecular flexibility index (Phi) is 6.32. The van der Waals surface area contributed by atoms with Gasteiger partial charge in [0, 0.05) is 6.42 Å². The van der Waals surface area contributed by atoms with Crippen LogP contribution in [0.15, 0.2) is 54.6 Å². The highest BCUT2D eigenvalue weighted by Gasteiger charge is 2.44. The van der Waals surface area contributed by atoms with E-state index in [4.69, 9.17) is 0 Å². The van der Waals surface area contributed by atoms with Crippen molar-refractivity contribution in [2.75, 3.05) is 0 Å². The maximum Gasteiger partial charge on any atom is 0.326 e. The van der Waals surface area contributed by atoms with E-state index in [9.17, 15) is 24.6 Å². The summed E-state index contributed by atoms with van der Waals surface area (Å²) in [5, 5.41) is 21.4. The third-order valence-electron chi connectivity index (χ3n) is 5.64. The van der Waals surface area contributed by atoms with Crippen LogP contribution in [0.25, 0.3) is 11.1 Å². The molecule has 0 unspecified atom stereocenters. The Morgan fingerprint density at radius 3 is 2.03 bits per heavy atom. The summed E-state index contributed by atoms with van der Waals surface area (Å²) in [6.45, 7) is 0. The number of aliphatic carboxylic acids is 2. The van der Waals surface area contributed by atoms with E-state index in [0.29, 0.717) is 12.8 Å². The Hall–Kier alpha value is -3.15. The zero-order chi connectivity index (χ0) is 20.9. The molecule has 1 aliphatic carbocycles. The lowest BCUT2D eigenvalue weighted by atomic mass is 9.81. The van der Waals surface area contributed by atoms with E-state index in [1.54, 1.807) is 0 Å². The van der Waals surface area contributed by atoms with Gasteiger partial charge in [0.05, 0.1) is 11.8 Å². The molecule has 1 aliphatic rings. The van der Waals surface area contributed by atoms with Crippen molar-refractivity contribution in [2.45, 2.75) is 44.6 Å². The molecule has 2 aromatic carbocycles. The minimum atomic E-state index is -1.13. The van der Waals surface area contributed by atoms with Gasteiger partial charge in [-0.2, -0.15) is 0 Å². The van der Waals surface area contributed by atoms with E-state index in [1.807, 2.05) is 54.6 Å². The van der Waals surface area contributed by atoms with E-state index in [1.165, 1.54) is 0 Å². The minimum absolute atomic E-state index is 0.138. The second-order valence-electron chi connectivity index (χ2n) is 7.69. The van der Waals surface area contributed by atoms with E-state index < -0.39 is 29.3 Å². The van der Waals surface area contributed by atoms with Gasteiger partial charge in [0.1, 0.15) is 6.04 Å². The molecule has 1 saturated carbocycles. The van der Waals surface area contributed by atoms with Crippen LogP contribution in [0.4, 0.5) is 0 Å². The summed E-state index contributed by atoms with van der Waals surface area (Å²) in [6.07, 6.45) is 2.38. The molecule has 2 aromatic rings. The molecule has 1 amide bonds. The summed E-state index contributed by atoms with van der Waals surface area (Å²) in [6, 6.07) is 16.3. The van der Waals surface area contributed by atoms with Crippen molar-refractivity contribution in [3.05, 3.63) is 60.2 Å². The number of benzene rings is 2. The topological polar surface area (TPSA) is 104 Å². The first kappa shape index (κ1) is 20.6. The van der Waals surface area contributed by atoms with E-state index in [-0.39, 0.29) is 12.8 Å². The Morgan fingerprint density at radius 2 is 1.48 bits per heavy atom. The molecular formula is C23H25NO5. The summed E-state index contributed by atoms with van der Waals surface area (Å²) in [4.78, 5) is 35.8. The molecule has 0 heterocycles. The van der Waals surface area contributed by atoms with Crippen molar-refractivity contribution in [3.8, 4) is 11.1 Å². The highest BCUT2D eigenvalue weighted by atomic mass is 16.4. The molecular weight excluding hydrogens is 370 g/mol. The van der Waals surface area contributed by atoms with E-state index in [2.05, 4.69) is 5.32 Å². The molecule has 6 nitrogen and oxygen atoms in total. The summed E-state index contributed by atoms with van der Waals surface area (Å²) in [5.41, 5.74) is 1.88. The highest BCUT2D eigenvalue weighted by molar-refractivity contribution is 5.90. The molecule has 1 atom stereocenters. The van der Waals surface area contributed by atoms with Gasteiger partial charge in [-0.3, -0.25) is 9.59 Å². The highest BCUT2D eigenvalue weighted by Crippen LogP contribution is 2.41. The molecule has 3 N–H and O–H groups in total. The second kappa shape index (κ2) is 8.90. The van der Waals surface area contributed by atoms with Gasteiger partial charge in [-0.15, -0.1) is 0 Å². The lowest BCUT2D eigenvalue weighted by Gasteiger charge is -2.28. The molecule has 3 rings (SSSR count). The smallest absolute Gasteiger partial charge is 0.326 e. The van der Waals surface area contributed by atoms with Crippen LogP contribution in [-0.4, -0.2) is 34.1 Å². The van der Waals surface area contributed by atoms with Gasteiger partial charge in [-0.1, -0.05) is 67.4 Å². The predicted octanol–water partition coefficient (Wildman–Crippen LogP) is 3.50. The number of carbonyl (C=O) groups excluding carboxylic acids is 1. The Bertz CT molecular complexity index is 870. The Labute approximate surface area is 169 Å². The third-order valence-corrected chi connectivity index (χ3v) is 5.64. The molecule has 152 valence electrons. The van der Waals surface area contributed by atoms with Gasteiger partial charge in [0.25, 0.3) is 0 Å². The summed E-state index contributed by atoms with van der Waals surface area (Å²) >= 11 is 0. The van der Waals surface area contributed by atoms with Crippen LogP contribution in [0.3, 0.4) is 0 Å². The average Bonchev–Trinajstić information content (AvgIpc) is 3.17. The van der Waals surface area contributed by atoms with Gasteiger partial charge < -0.3 is 15.5 Å². The van der Waals surface area contributed by atoms with Gasteiger partial charge in [0.2, 0.25) is 5.91 Å².